The van der Waals surface area contributed by atoms with Gasteiger partial charge in [-0.25, -0.2) is 4.79 Å². The van der Waals surface area contributed by atoms with Crippen molar-refractivity contribution in [3.8, 4) is 11.5 Å². The number of ether oxygens (including phenoxy) is 2. The number of aromatic nitrogens is 2. The van der Waals surface area contributed by atoms with Gasteiger partial charge in [-0.1, -0.05) is 23.7 Å². The van der Waals surface area contributed by atoms with Gasteiger partial charge < -0.3 is 14.8 Å². The van der Waals surface area contributed by atoms with E-state index >= 15 is 0 Å². The lowest BCUT2D eigenvalue weighted by atomic mass is 9.73. The zero-order chi connectivity index (χ0) is 23.3. The second kappa shape index (κ2) is 8.54. The molecule has 2 heterocycles. The highest BCUT2D eigenvalue weighted by molar-refractivity contribution is 6.32. The molecule has 0 saturated carbocycles. The fourth-order valence-corrected chi connectivity index (χ4v) is 5.97. The van der Waals surface area contributed by atoms with Gasteiger partial charge in [0.15, 0.2) is 0 Å². The number of fused-ring (bicyclic) bond motifs is 4. The Morgan fingerprint density at radius 3 is 2.70 bits per heavy atom. The van der Waals surface area contributed by atoms with E-state index < -0.39 is 0 Å². The highest BCUT2D eigenvalue weighted by atomic mass is 35.5. The molecule has 1 fully saturated rings. The van der Waals surface area contributed by atoms with E-state index in [1.165, 1.54) is 27.4 Å². The number of hydrogen-bond acceptors (Lipinski definition) is 5. The van der Waals surface area contributed by atoms with Crippen LogP contribution in [0.25, 0.3) is 10.9 Å². The molecule has 33 heavy (non-hydrogen) atoms. The Labute approximate surface area is 196 Å². The maximum Gasteiger partial charge on any atom is 0.331 e. The van der Waals surface area contributed by atoms with Crippen molar-refractivity contribution in [3.05, 3.63) is 67.3 Å². The molecule has 7 nitrogen and oxygen atoms in total. The van der Waals surface area contributed by atoms with Crippen LogP contribution in [0.5, 0.6) is 11.5 Å². The minimum absolute atomic E-state index is 0.188. The summed E-state index contributed by atoms with van der Waals surface area (Å²) in [5, 5.41) is 4.42. The molecule has 3 atom stereocenters. The second-order valence-electron chi connectivity index (χ2n) is 8.96. The highest BCUT2D eigenvalue weighted by Crippen LogP contribution is 2.45. The summed E-state index contributed by atoms with van der Waals surface area (Å²) in [7, 11) is 4.89. The zero-order valence-electron chi connectivity index (χ0n) is 19.1. The molecule has 0 radical (unpaired) electrons. The molecule has 8 heteroatoms. The van der Waals surface area contributed by atoms with E-state index in [0.29, 0.717) is 46.5 Å². The largest absolute Gasteiger partial charge is 0.496 e. The van der Waals surface area contributed by atoms with Crippen molar-refractivity contribution in [2.24, 2.45) is 13.0 Å². The average Bonchev–Trinajstić information content (AvgIpc) is 3.25. The first-order valence-electron chi connectivity index (χ1n) is 11.3. The van der Waals surface area contributed by atoms with Crippen molar-refractivity contribution in [3.63, 3.8) is 0 Å². The first-order chi connectivity index (χ1) is 15.9. The smallest absolute Gasteiger partial charge is 0.331 e. The SMILES string of the molecule is COc1cc2c(cc1Cl)c(=O)n(CCC1NC[C@@H]3CCc4c(OC)cccc4[C@H]13)c(=O)n2C. The fraction of sp³-hybridized carbons (Fsp3) is 0.440. The molecular formula is C25H28ClN3O4. The highest BCUT2D eigenvalue weighted by Gasteiger charge is 2.40. The summed E-state index contributed by atoms with van der Waals surface area (Å²) >= 11 is 6.27. The predicted molar refractivity (Wildman–Crippen MR) is 129 cm³/mol. The topological polar surface area (TPSA) is 74.5 Å². The summed E-state index contributed by atoms with van der Waals surface area (Å²) in [6.07, 6.45) is 2.81. The fourth-order valence-electron chi connectivity index (χ4n) is 5.73. The number of methoxy groups -OCH3 is 2. The van der Waals surface area contributed by atoms with Crippen LogP contribution in [0.1, 0.15) is 29.9 Å². The van der Waals surface area contributed by atoms with Crippen LogP contribution in [0.2, 0.25) is 5.02 Å². The van der Waals surface area contributed by atoms with Crippen LogP contribution in [0.15, 0.2) is 39.9 Å². The van der Waals surface area contributed by atoms with E-state index in [1.54, 1.807) is 26.3 Å². The Morgan fingerprint density at radius 1 is 1.15 bits per heavy atom. The molecule has 2 aromatic carbocycles. The molecule has 0 bridgehead atoms. The van der Waals surface area contributed by atoms with Gasteiger partial charge in [0.2, 0.25) is 0 Å². The molecule has 1 aliphatic carbocycles. The Bertz CT molecular complexity index is 1350. The van der Waals surface area contributed by atoms with Crippen molar-refractivity contribution >= 4 is 22.5 Å². The minimum atomic E-state index is -0.336. The number of nitrogens with zero attached hydrogens (tertiary/aromatic N) is 2. The van der Waals surface area contributed by atoms with Crippen LogP contribution in [-0.4, -0.2) is 35.9 Å². The Balaban J connectivity index is 1.48. The minimum Gasteiger partial charge on any atom is -0.496 e. The molecule has 5 rings (SSSR count). The van der Waals surface area contributed by atoms with Gasteiger partial charge in [0.1, 0.15) is 11.5 Å². The summed E-state index contributed by atoms with van der Waals surface area (Å²) in [6, 6.07) is 9.69. The van der Waals surface area contributed by atoms with Gasteiger partial charge in [-0.15, -0.1) is 0 Å². The number of nitrogens with one attached hydrogen (secondary N) is 1. The molecule has 2 aliphatic rings. The third-order valence-electron chi connectivity index (χ3n) is 7.39. The molecule has 0 amide bonds. The first kappa shape index (κ1) is 22.0. The lowest BCUT2D eigenvalue weighted by molar-refractivity contribution is 0.370. The number of aryl methyl sites for hydroxylation is 1. The summed E-state index contributed by atoms with van der Waals surface area (Å²) in [5.74, 6) is 2.28. The van der Waals surface area contributed by atoms with Gasteiger partial charge in [-0.2, -0.15) is 0 Å². The lowest BCUT2D eigenvalue weighted by Crippen LogP contribution is -2.41. The molecule has 1 N–H and O–H groups in total. The summed E-state index contributed by atoms with van der Waals surface area (Å²) in [6.45, 7) is 1.29. The van der Waals surface area contributed by atoms with E-state index in [9.17, 15) is 9.59 Å². The van der Waals surface area contributed by atoms with E-state index in [0.717, 1.165) is 25.1 Å². The quantitative estimate of drug-likeness (QED) is 0.621. The number of halogens is 1. The molecule has 3 aromatic rings. The van der Waals surface area contributed by atoms with Crippen LogP contribution in [-0.2, 0) is 20.0 Å². The van der Waals surface area contributed by atoms with Gasteiger partial charge in [0.05, 0.1) is 30.1 Å². The third-order valence-corrected chi connectivity index (χ3v) is 7.68. The number of hydrogen-bond donors (Lipinski definition) is 1. The molecule has 1 unspecified atom stereocenters. The monoisotopic (exact) mass is 469 g/mol. The van der Waals surface area contributed by atoms with Gasteiger partial charge in [0.25, 0.3) is 5.56 Å². The molecule has 1 aromatic heterocycles. The normalized spacial score (nSPS) is 21.6. The predicted octanol–water partition coefficient (Wildman–Crippen LogP) is 3.08. The van der Waals surface area contributed by atoms with Gasteiger partial charge in [-0.3, -0.25) is 13.9 Å². The van der Waals surface area contributed by atoms with Crippen LogP contribution < -0.4 is 26.0 Å². The van der Waals surface area contributed by atoms with Crippen LogP contribution in [0.4, 0.5) is 0 Å². The Kier molecular flexibility index (Phi) is 5.70. The number of rotatable bonds is 5. The average molecular weight is 470 g/mol. The first-order valence-corrected chi connectivity index (χ1v) is 11.7. The van der Waals surface area contributed by atoms with Gasteiger partial charge in [-0.05, 0) is 55.0 Å². The van der Waals surface area contributed by atoms with Crippen molar-refractivity contribution in [2.75, 3.05) is 20.8 Å². The summed E-state index contributed by atoms with van der Waals surface area (Å²) in [4.78, 5) is 26.3. The Hall–Kier alpha value is -2.77. The maximum atomic E-state index is 13.2. The van der Waals surface area contributed by atoms with Crippen molar-refractivity contribution in [2.45, 2.75) is 37.8 Å². The van der Waals surface area contributed by atoms with Crippen LogP contribution in [0, 0.1) is 5.92 Å². The lowest BCUT2D eigenvalue weighted by Gasteiger charge is -2.32. The standard InChI is InChI=1S/C25H28ClN3O4/c1-28-20-12-22(33-3)18(26)11-17(20)24(30)29(25(28)31)10-9-19-23-14(13-27-19)7-8-15-16(23)5-4-6-21(15)32-2/h4-6,11-12,14,19,23,27H,7-10,13H2,1-3H3/t14-,19?,23+/m0/s1. The third kappa shape index (κ3) is 3.54. The van der Waals surface area contributed by atoms with Crippen LogP contribution in [0.3, 0.4) is 0 Å². The summed E-state index contributed by atoms with van der Waals surface area (Å²) < 4.78 is 13.7. The second-order valence-corrected chi connectivity index (χ2v) is 9.37. The van der Waals surface area contributed by atoms with Gasteiger partial charge in [0, 0.05) is 31.6 Å². The Morgan fingerprint density at radius 2 is 1.94 bits per heavy atom. The molecule has 0 spiro atoms. The molecule has 174 valence electrons. The molecular weight excluding hydrogens is 442 g/mol. The van der Waals surface area contributed by atoms with E-state index in [4.69, 9.17) is 21.1 Å². The number of benzene rings is 2. The summed E-state index contributed by atoms with van der Waals surface area (Å²) in [5.41, 5.74) is 2.47. The van der Waals surface area contributed by atoms with Crippen molar-refractivity contribution in [1.82, 2.24) is 14.5 Å². The van der Waals surface area contributed by atoms with Crippen LogP contribution >= 0.6 is 11.6 Å². The zero-order valence-corrected chi connectivity index (χ0v) is 19.8. The van der Waals surface area contributed by atoms with Crippen molar-refractivity contribution < 1.29 is 9.47 Å². The van der Waals surface area contributed by atoms with E-state index in [2.05, 4.69) is 17.4 Å². The van der Waals surface area contributed by atoms with Gasteiger partial charge >= 0.3 is 5.69 Å². The maximum absolute atomic E-state index is 13.2. The molecule has 1 aliphatic heterocycles. The molecule has 1 saturated heterocycles. The van der Waals surface area contributed by atoms with E-state index in [-0.39, 0.29) is 17.3 Å². The van der Waals surface area contributed by atoms with E-state index in [1.807, 2.05) is 6.07 Å². The van der Waals surface area contributed by atoms with Crippen molar-refractivity contribution in [1.29, 1.82) is 0 Å².